The topological polar surface area (TPSA) is 46.5 Å². The second-order valence-corrected chi connectivity index (χ2v) is 3.33. The molecule has 1 rings (SSSR count). The summed E-state index contributed by atoms with van der Waals surface area (Å²) in [5, 5.41) is 8.98. The molecule has 0 fully saturated rings. The summed E-state index contributed by atoms with van der Waals surface area (Å²) in [4.78, 5) is 11.0. The van der Waals surface area contributed by atoms with E-state index in [0.29, 0.717) is 18.8 Å². The van der Waals surface area contributed by atoms with Crippen LogP contribution in [0.25, 0.3) is 0 Å². The quantitative estimate of drug-likeness (QED) is 0.623. The van der Waals surface area contributed by atoms with Crippen LogP contribution < -0.4 is 4.74 Å². The summed E-state index contributed by atoms with van der Waals surface area (Å²) in [5.41, 5.74) is 1.10. The van der Waals surface area contributed by atoms with Gasteiger partial charge in [0.15, 0.2) is 0 Å². The van der Waals surface area contributed by atoms with Crippen LogP contribution in [0.5, 0.6) is 5.75 Å². The summed E-state index contributed by atoms with van der Waals surface area (Å²) >= 11 is 0. The molecule has 0 amide bonds. The fourth-order valence-corrected chi connectivity index (χ4v) is 1.27. The lowest BCUT2D eigenvalue weighted by Gasteiger charge is -2.08. The molecule has 0 spiro atoms. The Morgan fingerprint density at radius 2 is 2.25 bits per heavy atom. The van der Waals surface area contributed by atoms with Crippen LogP contribution in [0.4, 0.5) is 0 Å². The average Bonchev–Trinajstić information content (AvgIpc) is 2.26. The Balaban J connectivity index is 2.77. The van der Waals surface area contributed by atoms with Gasteiger partial charge in [-0.3, -0.25) is 0 Å². The van der Waals surface area contributed by atoms with Gasteiger partial charge >= 0.3 is 5.97 Å². The van der Waals surface area contributed by atoms with E-state index in [1.807, 2.05) is 13.0 Å². The number of hydrogen-bond acceptors (Lipinski definition) is 2. The van der Waals surface area contributed by atoms with Gasteiger partial charge in [0.2, 0.25) is 0 Å². The lowest BCUT2D eigenvalue weighted by atomic mass is 10.1. The van der Waals surface area contributed by atoms with Crippen molar-refractivity contribution < 1.29 is 14.6 Å². The second-order valence-electron chi connectivity index (χ2n) is 3.33. The van der Waals surface area contributed by atoms with E-state index in [1.54, 1.807) is 19.1 Å². The first-order valence-electron chi connectivity index (χ1n) is 5.01. The van der Waals surface area contributed by atoms with Gasteiger partial charge in [0, 0.05) is 6.42 Å². The van der Waals surface area contributed by atoms with Crippen molar-refractivity contribution in [3.05, 3.63) is 29.3 Å². The van der Waals surface area contributed by atoms with Crippen molar-refractivity contribution in [3.8, 4) is 17.6 Å². The summed E-state index contributed by atoms with van der Waals surface area (Å²) in [6.45, 7) is 4.01. The molecule has 0 aromatic heterocycles. The first-order valence-corrected chi connectivity index (χ1v) is 5.01. The zero-order valence-electron chi connectivity index (χ0n) is 9.41. The monoisotopic (exact) mass is 218 g/mol. The molecule has 3 nitrogen and oxygen atoms in total. The molecule has 0 radical (unpaired) electrons. The van der Waals surface area contributed by atoms with Gasteiger partial charge in [0.1, 0.15) is 11.3 Å². The van der Waals surface area contributed by atoms with E-state index in [-0.39, 0.29) is 5.56 Å². The lowest BCUT2D eigenvalue weighted by Crippen LogP contribution is -2.04. The number of rotatable bonds is 4. The maximum atomic E-state index is 11.0. The van der Waals surface area contributed by atoms with Crippen LogP contribution >= 0.6 is 0 Å². The van der Waals surface area contributed by atoms with Gasteiger partial charge < -0.3 is 9.84 Å². The Morgan fingerprint density at radius 3 is 2.88 bits per heavy atom. The molecule has 0 aliphatic rings. The molecule has 0 aliphatic carbocycles. The van der Waals surface area contributed by atoms with E-state index >= 15 is 0 Å². The number of hydrogen-bond donors (Lipinski definition) is 1. The molecule has 0 heterocycles. The molecule has 1 N–H and O–H groups in total. The molecular formula is C13H14O3. The number of aryl methyl sites for hydroxylation is 1. The number of carboxylic acid groups (broad SMARTS) is 1. The molecule has 0 atom stereocenters. The van der Waals surface area contributed by atoms with Crippen molar-refractivity contribution in [1.29, 1.82) is 0 Å². The van der Waals surface area contributed by atoms with Crippen molar-refractivity contribution in [2.24, 2.45) is 0 Å². The van der Waals surface area contributed by atoms with Gasteiger partial charge in [0.05, 0.1) is 6.61 Å². The van der Waals surface area contributed by atoms with Crippen molar-refractivity contribution in [1.82, 2.24) is 0 Å². The molecule has 84 valence electrons. The second kappa shape index (κ2) is 5.82. The Labute approximate surface area is 95.1 Å². The van der Waals surface area contributed by atoms with Gasteiger partial charge in [0.25, 0.3) is 0 Å². The SMILES string of the molecule is CC#CCCOc1ccc(C)cc1C(=O)O. The highest BCUT2D eigenvalue weighted by molar-refractivity contribution is 5.91. The molecule has 0 aliphatic heterocycles. The van der Waals surface area contributed by atoms with Crippen molar-refractivity contribution in [3.63, 3.8) is 0 Å². The van der Waals surface area contributed by atoms with Crippen molar-refractivity contribution in [2.75, 3.05) is 6.61 Å². The Morgan fingerprint density at radius 1 is 1.50 bits per heavy atom. The Hall–Kier alpha value is -1.95. The smallest absolute Gasteiger partial charge is 0.339 e. The first-order chi connectivity index (χ1) is 7.65. The van der Waals surface area contributed by atoms with E-state index in [0.717, 1.165) is 5.56 Å². The summed E-state index contributed by atoms with van der Waals surface area (Å²) in [5.74, 6) is 5.04. The van der Waals surface area contributed by atoms with Crippen LogP contribution in [0.1, 0.15) is 29.3 Å². The van der Waals surface area contributed by atoms with E-state index < -0.39 is 5.97 Å². The van der Waals surface area contributed by atoms with E-state index in [9.17, 15) is 4.79 Å². The Kier molecular flexibility index (Phi) is 4.41. The van der Waals surface area contributed by atoms with Gasteiger partial charge in [-0.15, -0.1) is 11.8 Å². The molecule has 0 saturated heterocycles. The van der Waals surface area contributed by atoms with E-state index in [1.165, 1.54) is 0 Å². The highest BCUT2D eigenvalue weighted by atomic mass is 16.5. The zero-order valence-corrected chi connectivity index (χ0v) is 9.41. The van der Waals surface area contributed by atoms with E-state index in [2.05, 4.69) is 11.8 Å². The number of aromatic carboxylic acids is 1. The van der Waals surface area contributed by atoms with Crippen LogP contribution in [0.15, 0.2) is 18.2 Å². The highest BCUT2D eigenvalue weighted by Crippen LogP contribution is 2.20. The highest BCUT2D eigenvalue weighted by Gasteiger charge is 2.10. The van der Waals surface area contributed by atoms with Gasteiger partial charge in [-0.1, -0.05) is 11.6 Å². The van der Waals surface area contributed by atoms with Gasteiger partial charge in [-0.05, 0) is 26.0 Å². The maximum Gasteiger partial charge on any atom is 0.339 e. The fraction of sp³-hybridized carbons (Fsp3) is 0.308. The molecule has 0 unspecified atom stereocenters. The molecule has 0 bridgehead atoms. The number of carboxylic acids is 1. The van der Waals surface area contributed by atoms with Crippen molar-refractivity contribution in [2.45, 2.75) is 20.3 Å². The largest absolute Gasteiger partial charge is 0.492 e. The molecule has 3 heteroatoms. The van der Waals surface area contributed by atoms with Crippen LogP contribution in [-0.4, -0.2) is 17.7 Å². The summed E-state index contributed by atoms with van der Waals surface area (Å²) < 4.78 is 5.37. The van der Waals surface area contributed by atoms with E-state index in [4.69, 9.17) is 9.84 Å². The molecule has 0 saturated carbocycles. The van der Waals surface area contributed by atoms with Crippen LogP contribution in [0.2, 0.25) is 0 Å². The Bertz CT molecular complexity index is 438. The number of carbonyl (C=O) groups is 1. The maximum absolute atomic E-state index is 11.0. The van der Waals surface area contributed by atoms with Crippen LogP contribution in [-0.2, 0) is 0 Å². The minimum atomic E-state index is -0.972. The standard InChI is InChI=1S/C13H14O3/c1-3-4-5-8-16-12-7-6-10(2)9-11(12)13(14)15/h6-7,9H,5,8H2,1-2H3,(H,14,15). The van der Waals surface area contributed by atoms with Crippen LogP contribution in [0.3, 0.4) is 0 Å². The third-order valence-electron chi connectivity index (χ3n) is 2.03. The lowest BCUT2D eigenvalue weighted by molar-refractivity contribution is 0.0692. The predicted octanol–water partition coefficient (Wildman–Crippen LogP) is 2.49. The van der Waals surface area contributed by atoms with Gasteiger partial charge in [-0.25, -0.2) is 4.79 Å². The predicted molar refractivity (Wildman–Crippen MR) is 61.7 cm³/mol. The third kappa shape index (κ3) is 3.32. The van der Waals surface area contributed by atoms with Gasteiger partial charge in [-0.2, -0.15) is 0 Å². The molecule has 16 heavy (non-hydrogen) atoms. The van der Waals surface area contributed by atoms with Crippen LogP contribution in [0, 0.1) is 18.8 Å². The first kappa shape index (κ1) is 12.1. The van der Waals surface area contributed by atoms with Crippen molar-refractivity contribution >= 4 is 5.97 Å². The third-order valence-corrected chi connectivity index (χ3v) is 2.03. The zero-order chi connectivity index (χ0) is 12.0. The summed E-state index contributed by atoms with van der Waals surface area (Å²) in [6.07, 6.45) is 0.601. The normalized spacial score (nSPS) is 9.12. The average molecular weight is 218 g/mol. The molecular weight excluding hydrogens is 204 g/mol. The summed E-state index contributed by atoms with van der Waals surface area (Å²) in [6, 6.07) is 5.11. The summed E-state index contributed by atoms with van der Waals surface area (Å²) in [7, 11) is 0. The molecule has 1 aromatic rings. The number of benzene rings is 1. The molecule has 1 aromatic carbocycles. The number of ether oxygens (including phenoxy) is 1. The fourth-order valence-electron chi connectivity index (χ4n) is 1.27. The minimum absolute atomic E-state index is 0.199. The minimum Gasteiger partial charge on any atom is -0.492 e.